The molecule has 1 aliphatic heterocycles. The highest BCUT2D eigenvalue weighted by molar-refractivity contribution is 5.98. The Morgan fingerprint density at radius 1 is 1.21 bits per heavy atom. The summed E-state index contributed by atoms with van der Waals surface area (Å²) < 4.78 is 8.29. The number of anilines is 4. The molecule has 0 fully saturated rings. The van der Waals surface area contributed by atoms with Crippen molar-refractivity contribution in [3.63, 3.8) is 0 Å². The highest BCUT2D eigenvalue weighted by Crippen LogP contribution is 2.39. The van der Waals surface area contributed by atoms with Gasteiger partial charge in [-0.15, -0.1) is 0 Å². The van der Waals surface area contributed by atoms with Crippen molar-refractivity contribution in [2.24, 2.45) is 0 Å². The number of aromatic nitrogens is 3. The van der Waals surface area contributed by atoms with Gasteiger partial charge in [-0.05, 0) is 64.0 Å². The Labute approximate surface area is 230 Å². The molecule has 2 aromatic carbocycles. The average Bonchev–Trinajstić information content (AvgIpc) is 3.28. The molecule has 0 aliphatic carbocycles. The van der Waals surface area contributed by atoms with Gasteiger partial charge in [-0.2, -0.15) is 0 Å². The summed E-state index contributed by atoms with van der Waals surface area (Å²) in [7, 11) is 6.19. The fourth-order valence-corrected chi connectivity index (χ4v) is 5.15. The number of nitrogens with two attached hydrogens (primary N) is 1. The molecule has 2 aromatic heterocycles. The summed E-state index contributed by atoms with van der Waals surface area (Å²) in [5.74, 6) is 0.997. The fourth-order valence-electron chi connectivity index (χ4n) is 5.15. The Balaban J connectivity index is 1.51. The Bertz CT molecular complexity index is 1480. The van der Waals surface area contributed by atoms with Crippen molar-refractivity contribution in [2.45, 2.75) is 39.3 Å². The Hall–Kier alpha value is -3.82. The molecule has 0 radical (unpaired) electrons. The number of ether oxygens (including phenoxy) is 1. The monoisotopic (exact) mass is 529 g/mol. The molecular formula is C30H39N7O2. The van der Waals surface area contributed by atoms with Crippen LogP contribution in [0.3, 0.4) is 0 Å². The van der Waals surface area contributed by atoms with Gasteiger partial charge in [-0.3, -0.25) is 0 Å². The third-order valence-corrected chi connectivity index (χ3v) is 7.23. The summed E-state index contributed by atoms with van der Waals surface area (Å²) in [6.45, 7) is 6.70. The minimum Gasteiger partial charge on any atom is -0.487 e. The molecule has 0 spiro atoms. The van der Waals surface area contributed by atoms with Crippen molar-refractivity contribution in [3.05, 3.63) is 53.9 Å². The first kappa shape index (κ1) is 26.8. The van der Waals surface area contributed by atoms with Gasteiger partial charge in [0.05, 0.1) is 29.2 Å². The SMILES string of the molecule is Cc1cc(N(C)CCN(C)C)c(N)cc1Nc1ncc(OCC(C)O)c(-c2cn3c4c(cccc24)CCC3)n1. The average molecular weight is 530 g/mol. The third-order valence-electron chi connectivity index (χ3n) is 7.23. The predicted octanol–water partition coefficient (Wildman–Crippen LogP) is 4.44. The van der Waals surface area contributed by atoms with Gasteiger partial charge in [-0.25, -0.2) is 9.97 Å². The van der Waals surface area contributed by atoms with Gasteiger partial charge >= 0.3 is 0 Å². The normalized spacial score (nSPS) is 13.6. The van der Waals surface area contributed by atoms with Gasteiger partial charge in [0.1, 0.15) is 12.3 Å². The van der Waals surface area contributed by atoms with Crippen LogP contribution in [0.4, 0.5) is 23.0 Å². The van der Waals surface area contributed by atoms with E-state index < -0.39 is 6.10 Å². The minimum absolute atomic E-state index is 0.158. The number of benzene rings is 2. The minimum atomic E-state index is -0.606. The van der Waals surface area contributed by atoms with E-state index in [1.165, 1.54) is 11.1 Å². The van der Waals surface area contributed by atoms with Crippen LogP contribution in [0.15, 0.2) is 42.7 Å². The lowest BCUT2D eigenvalue weighted by Gasteiger charge is -2.24. The van der Waals surface area contributed by atoms with Gasteiger partial charge in [0.25, 0.3) is 0 Å². The van der Waals surface area contributed by atoms with E-state index in [1.54, 1.807) is 13.1 Å². The van der Waals surface area contributed by atoms with Crippen LogP contribution in [0, 0.1) is 6.92 Å². The topological polar surface area (TPSA) is 105 Å². The molecule has 1 atom stereocenters. The number of nitrogens with zero attached hydrogens (tertiary/aromatic N) is 5. The Kier molecular flexibility index (Phi) is 7.63. The molecule has 39 heavy (non-hydrogen) atoms. The van der Waals surface area contributed by atoms with Crippen LogP contribution in [0.5, 0.6) is 5.75 Å². The van der Waals surface area contributed by atoms with Crippen LogP contribution < -0.4 is 20.7 Å². The summed E-state index contributed by atoms with van der Waals surface area (Å²) in [5.41, 5.74) is 14.4. The molecular weight excluding hydrogens is 490 g/mol. The van der Waals surface area contributed by atoms with Gasteiger partial charge in [-0.1, -0.05) is 18.2 Å². The fraction of sp³-hybridized carbons (Fsp3) is 0.400. The van der Waals surface area contributed by atoms with Crippen molar-refractivity contribution in [3.8, 4) is 17.0 Å². The van der Waals surface area contributed by atoms with E-state index in [4.69, 9.17) is 15.5 Å². The lowest BCUT2D eigenvalue weighted by molar-refractivity contribution is 0.122. The second kappa shape index (κ2) is 11.1. The van der Waals surface area contributed by atoms with Gasteiger partial charge < -0.3 is 35.3 Å². The van der Waals surface area contributed by atoms with E-state index in [2.05, 4.69) is 83.2 Å². The number of aliphatic hydroxyl groups excluding tert-OH is 1. The maximum Gasteiger partial charge on any atom is 0.227 e. The van der Waals surface area contributed by atoms with Crippen LogP contribution in [-0.2, 0) is 13.0 Å². The summed E-state index contributed by atoms with van der Waals surface area (Å²) in [5, 5.41) is 14.4. The van der Waals surface area contributed by atoms with Crippen molar-refractivity contribution in [1.82, 2.24) is 19.4 Å². The standard InChI is InChI=1S/C30H39N7O2/c1-19-14-26(36(5)13-12-35(3)4)24(31)15-25(19)33-30-32-16-27(39-18-20(2)38)28(34-30)23-17-37-11-7-9-21-8-6-10-22(23)29(21)37/h6,8,10,14-17,20,38H,7,9,11-13,18,31H2,1-5H3,(H,32,33,34). The maximum absolute atomic E-state index is 9.86. The zero-order chi connectivity index (χ0) is 27.7. The van der Waals surface area contributed by atoms with Gasteiger partial charge in [0.15, 0.2) is 5.75 Å². The molecule has 0 bridgehead atoms. The first-order valence-corrected chi connectivity index (χ1v) is 13.5. The molecule has 5 rings (SSSR count). The maximum atomic E-state index is 9.86. The second-order valence-electron chi connectivity index (χ2n) is 10.8. The second-order valence-corrected chi connectivity index (χ2v) is 10.8. The van der Waals surface area contributed by atoms with E-state index in [1.807, 2.05) is 6.07 Å². The van der Waals surface area contributed by atoms with E-state index in [0.29, 0.717) is 23.1 Å². The lowest BCUT2D eigenvalue weighted by atomic mass is 10.0. The molecule has 1 unspecified atom stereocenters. The molecule has 4 N–H and O–H groups in total. The Morgan fingerprint density at radius 2 is 2.03 bits per heavy atom. The molecule has 0 amide bonds. The van der Waals surface area contributed by atoms with Crippen LogP contribution in [0.2, 0.25) is 0 Å². The van der Waals surface area contributed by atoms with Crippen molar-refractivity contribution < 1.29 is 9.84 Å². The molecule has 9 heteroatoms. The van der Waals surface area contributed by atoms with E-state index in [-0.39, 0.29) is 6.61 Å². The van der Waals surface area contributed by atoms with Crippen LogP contribution in [-0.4, -0.2) is 71.5 Å². The first-order valence-electron chi connectivity index (χ1n) is 13.5. The summed E-state index contributed by atoms with van der Waals surface area (Å²) in [6.07, 6.45) is 5.43. The number of hydrogen-bond donors (Lipinski definition) is 3. The smallest absolute Gasteiger partial charge is 0.227 e. The molecule has 0 saturated heterocycles. The number of aryl methyl sites for hydroxylation is 3. The highest BCUT2D eigenvalue weighted by atomic mass is 16.5. The van der Waals surface area contributed by atoms with Crippen molar-refractivity contribution in [1.29, 1.82) is 0 Å². The first-order chi connectivity index (χ1) is 18.7. The highest BCUT2D eigenvalue weighted by Gasteiger charge is 2.21. The number of nitrogens with one attached hydrogen (secondary N) is 1. The summed E-state index contributed by atoms with van der Waals surface area (Å²) >= 11 is 0. The number of aliphatic hydroxyl groups is 1. The zero-order valence-electron chi connectivity index (χ0n) is 23.5. The molecule has 206 valence electrons. The van der Waals surface area contributed by atoms with E-state index in [9.17, 15) is 5.11 Å². The number of nitrogen functional groups attached to an aromatic ring is 1. The van der Waals surface area contributed by atoms with Crippen molar-refractivity contribution >= 4 is 33.9 Å². The number of para-hydroxylation sites is 1. The lowest BCUT2D eigenvalue weighted by Crippen LogP contribution is -2.29. The molecule has 3 heterocycles. The summed E-state index contributed by atoms with van der Waals surface area (Å²) in [6, 6.07) is 10.5. The van der Waals surface area contributed by atoms with E-state index in [0.717, 1.165) is 60.4 Å². The van der Waals surface area contributed by atoms with Crippen LogP contribution in [0.1, 0.15) is 24.5 Å². The van der Waals surface area contributed by atoms with Crippen molar-refractivity contribution in [2.75, 3.05) is 56.8 Å². The number of hydrogen-bond acceptors (Lipinski definition) is 8. The predicted molar refractivity (Wildman–Crippen MR) is 159 cm³/mol. The molecule has 1 aliphatic rings. The molecule has 9 nitrogen and oxygen atoms in total. The summed E-state index contributed by atoms with van der Waals surface area (Å²) in [4.78, 5) is 13.8. The van der Waals surface area contributed by atoms with E-state index >= 15 is 0 Å². The Morgan fingerprint density at radius 3 is 2.79 bits per heavy atom. The van der Waals surface area contributed by atoms with Gasteiger partial charge in [0.2, 0.25) is 5.95 Å². The van der Waals surface area contributed by atoms with Crippen LogP contribution >= 0.6 is 0 Å². The molecule has 0 saturated carbocycles. The third kappa shape index (κ3) is 5.65. The molecule has 4 aromatic rings. The quantitative estimate of drug-likeness (QED) is 0.259. The number of rotatable bonds is 10. The largest absolute Gasteiger partial charge is 0.487 e. The van der Waals surface area contributed by atoms with Crippen LogP contribution in [0.25, 0.3) is 22.2 Å². The number of likely N-dealkylation sites (N-methyl/N-ethyl adjacent to an activating group) is 2. The van der Waals surface area contributed by atoms with Gasteiger partial charge in [0, 0.05) is 49.5 Å². The zero-order valence-corrected chi connectivity index (χ0v) is 23.5.